The lowest BCUT2D eigenvalue weighted by molar-refractivity contribution is 0.00840. The summed E-state index contributed by atoms with van der Waals surface area (Å²) < 4.78 is 6.17. The van der Waals surface area contributed by atoms with Crippen molar-refractivity contribution >= 4 is 11.6 Å². The third-order valence-corrected chi connectivity index (χ3v) is 4.04. The first-order valence-electron chi connectivity index (χ1n) is 5.80. The van der Waals surface area contributed by atoms with Crippen molar-refractivity contribution < 1.29 is 4.74 Å². The van der Waals surface area contributed by atoms with E-state index in [2.05, 4.69) is 19.1 Å². The molecule has 1 aliphatic heterocycles. The number of ether oxygens (including phenoxy) is 1. The molecular formula is C14H15ClO. The van der Waals surface area contributed by atoms with Crippen LogP contribution in [0.25, 0.3) is 0 Å². The largest absolute Gasteiger partial charge is 0.487 e. The summed E-state index contributed by atoms with van der Waals surface area (Å²) in [5, 5.41) is 0.803. The van der Waals surface area contributed by atoms with Crippen LogP contribution in [0.5, 0.6) is 5.75 Å². The Morgan fingerprint density at radius 1 is 1.38 bits per heavy atom. The molecule has 0 saturated heterocycles. The van der Waals surface area contributed by atoms with E-state index in [9.17, 15) is 0 Å². The highest BCUT2D eigenvalue weighted by atomic mass is 35.5. The van der Waals surface area contributed by atoms with Gasteiger partial charge >= 0.3 is 0 Å². The second kappa shape index (κ2) is 3.53. The molecule has 84 valence electrons. The van der Waals surface area contributed by atoms with Gasteiger partial charge in [-0.25, -0.2) is 0 Å². The van der Waals surface area contributed by atoms with Crippen LogP contribution in [0.3, 0.4) is 0 Å². The topological polar surface area (TPSA) is 9.23 Å². The lowest BCUT2D eigenvalue weighted by Gasteiger charge is -2.43. The molecule has 0 radical (unpaired) electrons. The molecule has 0 saturated carbocycles. The van der Waals surface area contributed by atoms with Crippen molar-refractivity contribution in [3.63, 3.8) is 0 Å². The van der Waals surface area contributed by atoms with Crippen LogP contribution in [0.1, 0.15) is 25.3 Å². The molecule has 1 aromatic carbocycles. The van der Waals surface area contributed by atoms with Crippen LogP contribution in [0.2, 0.25) is 5.02 Å². The molecule has 1 heterocycles. The molecule has 0 spiro atoms. The summed E-state index contributed by atoms with van der Waals surface area (Å²) in [5.74, 6) is 1.60. The fraction of sp³-hybridized carbons (Fsp3) is 0.429. The Morgan fingerprint density at radius 3 is 3.12 bits per heavy atom. The van der Waals surface area contributed by atoms with E-state index in [4.69, 9.17) is 16.3 Å². The maximum absolute atomic E-state index is 6.17. The Balaban J connectivity index is 2.01. The van der Waals surface area contributed by atoms with Gasteiger partial charge in [0, 0.05) is 17.4 Å². The van der Waals surface area contributed by atoms with Gasteiger partial charge in [-0.05, 0) is 43.5 Å². The summed E-state index contributed by atoms with van der Waals surface area (Å²) in [4.78, 5) is 0. The summed E-state index contributed by atoms with van der Waals surface area (Å²) in [5.41, 5.74) is 1.24. The van der Waals surface area contributed by atoms with E-state index < -0.39 is 0 Å². The first kappa shape index (κ1) is 10.2. The highest BCUT2D eigenvalue weighted by Crippen LogP contribution is 2.43. The standard InChI is InChI=1S/C14H15ClO/c1-14-7-3-2-4-11(14)8-10-9-12(15)5-6-13(10)16-14/h2-3,5-6,9,11H,4,7-8H2,1H3/t11-,14+/m0/s1. The third-order valence-electron chi connectivity index (χ3n) is 3.81. The molecule has 1 aromatic rings. The minimum atomic E-state index is -0.0183. The highest BCUT2D eigenvalue weighted by molar-refractivity contribution is 6.30. The van der Waals surface area contributed by atoms with Crippen molar-refractivity contribution in [2.45, 2.75) is 31.8 Å². The highest BCUT2D eigenvalue weighted by Gasteiger charge is 2.40. The van der Waals surface area contributed by atoms with Crippen molar-refractivity contribution in [3.8, 4) is 5.75 Å². The van der Waals surface area contributed by atoms with Crippen LogP contribution >= 0.6 is 11.6 Å². The molecule has 3 rings (SSSR count). The Labute approximate surface area is 101 Å². The Hall–Kier alpha value is -0.950. The van der Waals surface area contributed by atoms with Crippen molar-refractivity contribution in [2.24, 2.45) is 5.92 Å². The summed E-state index contributed by atoms with van der Waals surface area (Å²) in [6.45, 7) is 2.22. The first-order valence-corrected chi connectivity index (χ1v) is 6.18. The van der Waals surface area contributed by atoms with Gasteiger partial charge in [-0.3, -0.25) is 0 Å². The van der Waals surface area contributed by atoms with Crippen LogP contribution in [-0.2, 0) is 6.42 Å². The number of benzene rings is 1. The third kappa shape index (κ3) is 1.54. The molecule has 0 N–H and O–H groups in total. The van der Waals surface area contributed by atoms with Crippen molar-refractivity contribution in [3.05, 3.63) is 40.9 Å². The Bertz CT molecular complexity index is 452. The van der Waals surface area contributed by atoms with E-state index in [1.54, 1.807) is 0 Å². The minimum Gasteiger partial charge on any atom is -0.487 e. The molecule has 0 aromatic heterocycles. The lowest BCUT2D eigenvalue weighted by atomic mass is 9.75. The van der Waals surface area contributed by atoms with Crippen LogP contribution in [0.4, 0.5) is 0 Å². The smallest absolute Gasteiger partial charge is 0.123 e. The number of fused-ring (bicyclic) bond motifs is 2. The summed E-state index contributed by atoms with van der Waals surface area (Å²) >= 11 is 6.02. The van der Waals surface area contributed by atoms with Gasteiger partial charge in [-0.2, -0.15) is 0 Å². The molecule has 0 unspecified atom stereocenters. The maximum atomic E-state index is 6.17. The average molecular weight is 235 g/mol. The van der Waals surface area contributed by atoms with Crippen LogP contribution < -0.4 is 4.74 Å². The molecule has 1 nitrogen and oxygen atoms in total. The molecule has 2 aliphatic rings. The molecule has 0 amide bonds. The van der Waals surface area contributed by atoms with Crippen LogP contribution in [-0.4, -0.2) is 5.60 Å². The summed E-state index contributed by atoms with van der Waals surface area (Å²) in [6.07, 6.45) is 7.71. The lowest BCUT2D eigenvalue weighted by Crippen LogP contribution is -2.45. The number of hydrogen-bond acceptors (Lipinski definition) is 1. The van der Waals surface area contributed by atoms with Crippen molar-refractivity contribution in [1.82, 2.24) is 0 Å². The second-order valence-corrected chi connectivity index (χ2v) is 5.42. The monoisotopic (exact) mass is 234 g/mol. The minimum absolute atomic E-state index is 0.0183. The normalized spacial score (nSPS) is 31.5. The summed E-state index contributed by atoms with van der Waals surface area (Å²) in [6, 6.07) is 5.94. The van der Waals surface area contributed by atoms with Gasteiger partial charge < -0.3 is 4.74 Å². The van der Waals surface area contributed by atoms with Gasteiger partial charge in [-0.15, -0.1) is 0 Å². The van der Waals surface area contributed by atoms with E-state index in [0.29, 0.717) is 5.92 Å². The Kier molecular flexibility index (Phi) is 2.25. The van der Waals surface area contributed by atoms with E-state index in [-0.39, 0.29) is 5.60 Å². The number of rotatable bonds is 0. The molecular weight excluding hydrogens is 220 g/mol. The number of allylic oxidation sites excluding steroid dienone is 1. The SMILES string of the molecule is C[C@@]12CC=CC[C@H]1Cc1cc(Cl)ccc1O2. The number of hydrogen-bond donors (Lipinski definition) is 0. The zero-order chi connectivity index (χ0) is 11.2. The average Bonchev–Trinajstić information content (AvgIpc) is 2.26. The van der Waals surface area contributed by atoms with Crippen LogP contribution in [0, 0.1) is 5.92 Å². The van der Waals surface area contributed by atoms with Gasteiger partial charge in [0.1, 0.15) is 11.4 Å². The van der Waals surface area contributed by atoms with Crippen molar-refractivity contribution in [2.75, 3.05) is 0 Å². The molecule has 0 fully saturated rings. The van der Waals surface area contributed by atoms with E-state index in [0.717, 1.165) is 30.0 Å². The molecule has 2 atom stereocenters. The molecule has 2 heteroatoms. The quantitative estimate of drug-likeness (QED) is 0.617. The van der Waals surface area contributed by atoms with Gasteiger partial charge in [0.2, 0.25) is 0 Å². The van der Waals surface area contributed by atoms with Crippen LogP contribution in [0.15, 0.2) is 30.4 Å². The zero-order valence-electron chi connectivity index (χ0n) is 9.37. The zero-order valence-corrected chi connectivity index (χ0v) is 10.1. The van der Waals surface area contributed by atoms with E-state index >= 15 is 0 Å². The molecule has 0 bridgehead atoms. The number of halogens is 1. The summed E-state index contributed by atoms with van der Waals surface area (Å²) in [7, 11) is 0. The molecule has 1 aliphatic carbocycles. The van der Waals surface area contributed by atoms with Gasteiger partial charge in [0.05, 0.1) is 0 Å². The second-order valence-electron chi connectivity index (χ2n) is 4.98. The maximum Gasteiger partial charge on any atom is 0.123 e. The van der Waals surface area contributed by atoms with E-state index in [1.807, 2.05) is 18.2 Å². The van der Waals surface area contributed by atoms with Gasteiger partial charge in [0.25, 0.3) is 0 Å². The predicted octanol–water partition coefficient (Wildman–Crippen LogP) is 4.00. The van der Waals surface area contributed by atoms with Crippen molar-refractivity contribution in [1.29, 1.82) is 0 Å². The Morgan fingerprint density at radius 2 is 2.25 bits per heavy atom. The fourth-order valence-corrected chi connectivity index (χ4v) is 2.94. The van der Waals surface area contributed by atoms with Gasteiger partial charge in [-0.1, -0.05) is 23.8 Å². The fourth-order valence-electron chi connectivity index (χ4n) is 2.74. The molecule has 16 heavy (non-hydrogen) atoms. The predicted molar refractivity (Wildman–Crippen MR) is 66.1 cm³/mol. The van der Waals surface area contributed by atoms with Gasteiger partial charge in [0.15, 0.2) is 0 Å². The first-order chi connectivity index (χ1) is 7.67. The van der Waals surface area contributed by atoms with E-state index in [1.165, 1.54) is 5.56 Å².